The maximum atomic E-state index is 14.2. The van der Waals surface area contributed by atoms with Gasteiger partial charge in [-0.25, -0.2) is 21.6 Å². The number of anilines is 1. The molecule has 0 bridgehead atoms. The summed E-state index contributed by atoms with van der Waals surface area (Å²) in [6.07, 6.45) is 2.60. The van der Waals surface area contributed by atoms with Crippen LogP contribution in [0.15, 0.2) is 66.0 Å². The summed E-state index contributed by atoms with van der Waals surface area (Å²) in [4.78, 5) is -0.168. The molecule has 0 fully saturated rings. The third kappa shape index (κ3) is 4.04. The van der Waals surface area contributed by atoms with Gasteiger partial charge in [0.25, 0.3) is 10.0 Å². The van der Waals surface area contributed by atoms with E-state index in [9.17, 15) is 21.6 Å². The summed E-state index contributed by atoms with van der Waals surface area (Å²) < 4.78 is 75.9. The molecule has 0 radical (unpaired) electrons. The van der Waals surface area contributed by atoms with Crippen LogP contribution in [0, 0.1) is 17.5 Å². The van der Waals surface area contributed by atoms with Gasteiger partial charge in [0.05, 0.1) is 19.3 Å². The van der Waals surface area contributed by atoms with Crippen LogP contribution < -0.4 is 9.04 Å². The predicted octanol–water partition coefficient (Wildman–Crippen LogP) is 3.55. The Morgan fingerprint density at radius 1 is 1.03 bits per heavy atom. The molecule has 0 spiro atoms. The van der Waals surface area contributed by atoms with Gasteiger partial charge in [0.2, 0.25) is 0 Å². The molecule has 2 aromatic carbocycles. The van der Waals surface area contributed by atoms with E-state index in [2.05, 4.69) is 10.2 Å². The standard InChI is InChI=1S/C20H15F3N4O3S/c1-30-19-4-2-13(6-18(19)23)10-27(16-8-14(21)7-15(22)9-16)31(28,29)17-3-5-20-25-24-12-26(20)11-17/h2-9,11-12H,10H2,1H3. The lowest BCUT2D eigenvalue weighted by molar-refractivity contribution is 0.386. The van der Waals surface area contributed by atoms with Crippen LogP contribution in [-0.2, 0) is 16.6 Å². The highest BCUT2D eigenvalue weighted by atomic mass is 32.2. The molecular formula is C20H15F3N4O3S. The molecule has 2 aromatic heterocycles. The number of hydrogen-bond acceptors (Lipinski definition) is 5. The summed E-state index contributed by atoms with van der Waals surface area (Å²) in [6.45, 7) is -0.383. The van der Waals surface area contributed by atoms with Gasteiger partial charge in [-0.3, -0.25) is 8.71 Å². The number of ether oxygens (including phenoxy) is 1. The van der Waals surface area contributed by atoms with Crippen LogP contribution in [-0.4, -0.2) is 30.1 Å². The molecular weight excluding hydrogens is 433 g/mol. The van der Waals surface area contributed by atoms with Crippen molar-refractivity contribution in [3.63, 3.8) is 0 Å². The quantitative estimate of drug-likeness (QED) is 0.451. The Morgan fingerprint density at radius 2 is 1.77 bits per heavy atom. The molecule has 4 rings (SSSR count). The van der Waals surface area contributed by atoms with Crippen molar-refractivity contribution in [2.45, 2.75) is 11.4 Å². The Bertz CT molecular complexity index is 1360. The van der Waals surface area contributed by atoms with E-state index < -0.39 is 27.5 Å². The molecule has 11 heteroatoms. The van der Waals surface area contributed by atoms with Crippen molar-refractivity contribution in [2.24, 2.45) is 0 Å². The summed E-state index contributed by atoms with van der Waals surface area (Å²) in [7, 11) is -3.02. The first kappa shape index (κ1) is 20.7. The number of sulfonamides is 1. The van der Waals surface area contributed by atoms with Crippen molar-refractivity contribution in [2.75, 3.05) is 11.4 Å². The van der Waals surface area contributed by atoms with Gasteiger partial charge in [-0.15, -0.1) is 10.2 Å². The molecule has 7 nitrogen and oxygen atoms in total. The minimum absolute atomic E-state index is 0.0204. The second kappa shape index (κ2) is 7.91. The molecule has 0 amide bonds. The zero-order chi connectivity index (χ0) is 22.2. The van der Waals surface area contributed by atoms with Crippen molar-refractivity contribution >= 4 is 21.4 Å². The number of benzene rings is 2. The molecule has 0 N–H and O–H groups in total. The molecule has 2 heterocycles. The molecule has 0 aliphatic carbocycles. The highest BCUT2D eigenvalue weighted by Gasteiger charge is 2.27. The van der Waals surface area contributed by atoms with Crippen LogP contribution in [0.2, 0.25) is 0 Å². The van der Waals surface area contributed by atoms with Crippen LogP contribution in [0.3, 0.4) is 0 Å². The second-order valence-electron chi connectivity index (χ2n) is 6.57. The summed E-state index contributed by atoms with van der Waals surface area (Å²) in [5.41, 5.74) is 0.411. The lowest BCUT2D eigenvalue weighted by Gasteiger charge is -2.25. The monoisotopic (exact) mass is 448 g/mol. The Labute approximate surface area is 175 Å². The zero-order valence-corrected chi connectivity index (χ0v) is 16.9. The number of pyridine rings is 1. The Kier molecular flexibility index (Phi) is 5.27. The van der Waals surface area contributed by atoms with E-state index >= 15 is 0 Å². The number of aromatic nitrogens is 3. The maximum absolute atomic E-state index is 14.2. The highest BCUT2D eigenvalue weighted by molar-refractivity contribution is 7.92. The van der Waals surface area contributed by atoms with Crippen LogP contribution in [0.1, 0.15) is 5.56 Å². The molecule has 0 saturated carbocycles. The molecule has 31 heavy (non-hydrogen) atoms. The molecule has 0 saturated heterocycles. The summed E-state index contributed by atoms with van der Waals surface area (Å²) >= 11 is 0. The van der Waals surface area contributed by atoms with E-state index in [0.717, 1.165) is 22.5 Å². The van der Waals surface area contributed by atoms with E-state index in [0.29, 0.717) is 11.7 Å². The van der Waals surface area contributed by atoms with Crippen molar-refractivity contribution in [3.05, 3.63) is 84.1 Å². The van der Waals surface area contributed by atoms with Gasteiger partial charge in [0.15, 0.2) is 17.2 Å². The van der Waals surface area contributed by atoms with Crippen molar-refractivity contribution in [1.82, 2.24) is 14.6 Å². The van der Waals surface area contributed by atoms with Gasteiger partial charge < -0.3 is 4.74 Å². The molecule has 4 aromatic rings. The number of methoxy groups -OCH3 is 1. The number of fused-ring (bicyclic) bond motifs is 1. The molecule has 0 atom stereocenters. The first-order valence-corrected chi connectivity index (χ1v) is 10.3. The van der Waals surface area contributed by atoms with Crippen molar-refractivity contribution < 1.29 is 26.3 Å². The Morgan fingerprint density at radius 3 is 2.45 bits per heavy atom. The summed E-state index contributed by atoms with van der Waals surface area (Å²) in [6, 6.07) is 9.04. The Balaban J connectivity index is 1.83. The fourth-order valence-electron chi connectivity index (χ4n) is 3.06. The average Bonchev–Trinajstić information content (AvgIpc) is 3.19. The second-order valence-corrected chi connectivity index (χ2v) is 8.43. The minimum Gasteiger partial charge on any atom is -0.494 e. The third-order valence-electron chi connectivity index (χ3n) is 4.53. The van der Waals surface area contributed by atoms with E-state index in [4.69, 9.17) is 4.74 Å². The predicted molar refractivity (Wildman–Crippen MR) is 106 cm³/mol. The molecule has 0 aliphatic rings. The van der Waals surface area contributed by atoms with E-state index in [1.807, 2.05) is 0 Å². The third-order valence-corrected chi connectivity index (χ3v) is 6.29. The largest absolute Gasteiger partial charge is 0.494 e. The maximum Gasteiger partial charge on any atom is 0.266 e. The lowest BCUT2D eigenvalue weighted by atomic mass is 10.2. The van der Waals surface area contributed by atoms with Gasteiger partial charge >= 0.3 is 0 Å². The van der Waals surface area contributed by atoms with Gasteiger partial charge in [-0.2, -0.15) is 0 Å². The number of hydrogen-bond donors (Lipinski definition) is 0. The molecule has 160 valence electrons. The Hall–Kier alpha value is -3.60. The number of rotatable bonds is 6. The SMILES string of the molecule is COc1ccc(CN(c2cc(F)cc(F)c2)S(=O)(=O)c2ccc3nncn3c2)cc1F. The normalized spacial score (nSPS) is 11.6. The average molecular weight is 448 g/mol. The molecule has 0 aliphatic heterocycles. The zero-order valence-electron chi connectivity index (χ0n) is 16.0. The van der Waals surface area contributed by atoms with E-state index in [-0.39, 0.29) is 28.4 Å². The fourth-order valence-corrected chi connectivity index (χ4v) is 4.50. The van der Waals surface area contributed by atoms with Crippen LogP contribution in [0.4, 0.5) is 18.9 Å². The van der Waals surface area contributed by atoms with Gasteiger partial charge in [-0.05, 0) is 42.0 Å². The van der Waals surface area contributed by atoms with E-state index in [1.165, 1.54) is 48.3 Å². The summed E-state index contributed by atoms with van der Waals surface area (Å²) in [5, 5.41) is 7.51. The number of nitrogens with zero attached hydrogens (tertiary/aromatic N) is 4. The van der Waals surface area contributed by atoms with Gasteiger partial charge in [-0.1, -0.05) is 6.07 Å². The lowest BCUT2D eigenvalue weighted by Crippen LogP contribution is -2.31. The van der Waals surface area contributed by atoms with Crippen LogP contribution in [0.25, 0.3) is 5.65 Å². The van der Waals surface area contributed by atoms with Crippen LogP contribution >= 0.6 is 0 Å². The first-order chi connectivity index (χ1) is 14.8. The first-order valence-electron chi connectivity index (χ1n) is 8.88. The summed E-state index contributed by atoms with van der Waals surface area (Å²) in [5.74, 6) is -2.63. The van der Waals surface area contributed by atoms with E-state index in [1.54, 1.807) is 0 Å². The topological polar surface area (TPSA) is 76.8 Å². The highest BCUT2D eigenvalue weighted by Crippen LogP contribution is 2.29. The van der Waals surface area contributed by atoms with Gasteiger partial charge in [0, 0.05) is 12.3 Å². The van der Waals surface area contributed by atoms with Crippen molar-refractivity contribution in [3.8, 4) is 5.75 Å². The van der Waals surface area contributed by atoms with Crippen LogP contribution in [0.5, 0.6) is 5.75 Å². The fraction of sp³-hybridized carbons (Fsp3) is 0.100. The van der Waals surface area contributed by atoms with Crippen molar-refractivity contribution in [1.29, 1.82) is 0 Å². The minimum atomic E-state index is -4.31. The number of halogens is 3. The molecule has 0 unspecified atom stereocenters. The smallest absolute Gasteiger partial charge is 0.266 e. The van der Waals surface area contributed by atoms with Gasteiger partial charge in [0.1, 0.15) is 22.9 Å².